The molecule has 140 valence electrons. The number of hydrogen-bond acceptors (Lipinski definition) is 4. The average Bonchev–Trinajstić information content (AvgIpc) is 3.03. The number of hydrogen-bond donors (Lipinski definition) is 1. The number of rotatable bonds is 6. The van der Waals surface area contributed by atoms with E-state index in [0.717, 1.165) is 24.8 Å². The number of nitrogens with zero attached hydrogens (tertiary/aromatic N) is 1. The SMILES string of the molecule is CS(=O)(=O)N(CCNC(=O)C1CCCO1)c1ccccc1C(F)(F)F. The van der Waals surface area contributed by atoms with Crippen LogP contribution in [0, 0.1) is 0 Å². The molecule has 0 bridgehead atoms. The molecule has 0 spiro atoms. The fourth-order valence-corrected chi connectivity index (χ4v) is 3.51. The monoisotopic (exact) mass is 380 g/mol. The minimum atomic E-state index is -4.69. The van der Waals surface area contributed by atoms with Crippen molar-refractivity contribution in [3.05, 3.63) is 29.8 Å². The standard InChI is InChI=1S/C15H19F3N2O4S/c1-25(22,23)20(9-8-19-14(21)13-7-4-10-24-13)12-6-3-2-5-11(12)15(16,17)18/h2-3,5-6,13H,4,7-10H2,1H3,(H,19,21). The number of para-hydroxylation sites is 1. The zero-order valence-electron chi connectivity index (χ0n) is 13.5. The van der Waals surface area contributed by atoms with E-state index in [1.165, 1.54) is 12.1 Å². The summed E-state index contributed by atoms with van der Waals surface area (Å²) in [5, 5.41) is 2.50. The predicted molar refractivity (Wildman–Crippen MR) is 85.6 cm³/mol. The van der Waals surface area contributed by atoms with Crippen LogP contribution in [-0.2, 0) is 25.7 Å². The highest BCUT2D eigenvalue weighted by molar-refractivity contribution is 7.92. The summed E-state index contributed by atoms with van der Waals surface area (Å²) in [5.74, 6) is -0.393. The molecule has 1 saturated heterocycles. The highest BCUT2D eigenvalue weighted by Gasteiger charge is 2.36. The first-order valence-electron chi connectivity index (χ1n) is 7.64. The smallest absolute Gasteiger partial charge is 0.368 e. The maximum Gasteiger partial charge on any atom is 0.418 e. The van der Waals surface area contributed by atoms with Gasteiger partial charge in [-0.25, -0.2) is 8.42 Å². The lowest BCUT2D eigenvalue weighted by molar-refractivity contribution is -0.137. The number of alkyl halides is 3. The number of carbonyl (C=O) groups is 1. The number of benzene rings is 1. The van der Waals surface area contributed by atoms with Crippen molar-refractivity contribution in [3.8, 4) is 0 Å². The zero-order valence-corrected chi connectivity index (χ0v) is 14.4. The summed E-state index contributed by atoms with van der Waals surface area (Å²) in [4.78, 5) is 11.9. The summed E-state index contributed by atoms with van der Waals surface area (Å²) in [7, 11) is -3.97. The van der Waals surface area contributed by atoms with Crippen LogP contribution in [0.2, 0.25) is 0 Å². The van der Waals surface area contributed by atoms with Crippen molar-refractivity contribution in [2.45, 2.75) is 25.1 Å². The predicted octanol–water partition coefficient (Wildman–Crippen LogP) is 1.77. The molecule has 2 rings (SSSR count). The van der Waals surface area contributed by atoms with Crippen molar-refractivity contribution in [2.75, 3.05) is 30.3 Å². The lowest BCUT2D eigenvalue weighted by Crippen LogP contribution is -2.42. The van der Waals surface area contributed by atoms with E-state index in [0.29, 0.717) is 17.3 Å². The van der Waals surface area contributed by atoms with Gasteiger partial charge in [0, 0.05) is 13.2 Å². The fourth-order valence-electron chi connectivity index (χ4n) is 2.57. The van der Waals surface area contributed by atoms with Crippen molar-refractivity contribution < 1.29 is 31.1 Å². The van der Waals surface area contributed by atoms with Gasteiger partial charge in [-0.2, -0.15) is 13.2 Å². The zero-order chi connectivity index (χ0) is 18.7. The number of anilines is 1. The Morgan fingerprint density at radius 2 is 2.04 bits per heavy atom. The molecule has 1 aliphatic heterocycles. The molecule has 1 heterocycles. The van der Waals surface area contributed by atoms with Crippen LogP contribution in [0.15, 0.2) is 24.3 Å². The van der Waals surface area contributed by atoms with Gasteiger partial charge >= 0.3 is 6.18 Å². The first-order valence-corrected chi connectivity index (χ1v) is 9.49. The number of sulfonamides is 1. The molecule has 10 heteroatoms. The summed E-state index contributed by atoms with van der Waals surface area (Å²) >= 11 is 0. The third kappa shape index (κ3) is 5.08. The molecule has 1 aliphatic rings. The van der Waals surface area contributed by atoms with Crippen molar-refractivity contribution >= 4 is 21.6 Å². The van der Waals surface area contributed by atoms with Crippen LogP contribution in [0.25, 0.3) is 0 Å². The first-order chi connectivity index (χ1) is 11.6. The van der Waals surface area contributed by atoms with Gasteiger partial charge in [-0.05, 0) is 25.0 Å². The van der Waals surface area contributed by atoms with Gasteiger partial charge < -0.3 is 10.1 Å². The van der Waals surface area contributed by atoms with Gasteiger partial charge in [0.25, 0.3) is 0 Å². The normalized spacial score (nSPS) is 18.2. The van der Waals surface area contributed by atoms with Crippen molar-refractivity contribution in [1.82, 2.24) is 5.32 Å². The maximum absolute atomic E-state index is 13.1. The molecular weight excluding hydrogens is 361 g/mol. The average molecular weight is 380 g/mol. The summed E-state index contributed by atoms with van der Waals surface area (Å²) in [6.07, 6.45) is -3.14. The lowest BCUT2D eigenvalue weighted by Gasteiger charge is -2.26. The molecule has 1 fully saturated rings. The number of ether oxygens (including phenoxy) is 1. The van der Waals surface area contributed by atoms with E-state index in [-0.39, 0.29) is 13.1 Å². The van der Waals surface area contributed by atoms with Crippen molar-refractivity contribution in [3.63, 3.8) is 0 Å². The fraction of sp³-hybridized carbons (Fsp3) is 0.533. The topological polar surface area (TPSA) is 75.7 Å². The molecule has 1 aromatic carbocycles. The van der Waals surface area contributed by atoms with Crippen LogP contribution in [0.1, 0.15) is 18.4 Å². The molecule has 0 radical (unpaired) electrons. The molecule has 1 atom stereocenters. The maximum atomic E-state index is 13.1. The van der Waals surface area contributed by atoms with Crippen LogP contribution in [0.3, 0.4) is 0 Å². The van der Waals surface area contributed by atoms with Crippen molar-refractivity contribution in [1.29, 1.82) is 0 Å². The Morgan fingerprint density at radius 3 is 2.60 bits per heavy atom. The number of nitrogens with one attached hydrogen (secondary N) is 1. The Hall–Kier alpha value is -1.81. The quantitative estimate of drug-likeness (QED) is 0.816. The molecule has 1 aromatic rings. The molecule has 1 N–H and O–H groups in total. The number of halogens is 3. The Bertz CT molecular complexity index is 716. The molecule has 6 nitrogen and oxygen atoms in total. The molecule has 0 aromatic heterocycles. The molecule has 0 aliphatic carbocycles. The summed E-state index contributed by atoms with van der Waals surface area (Å²) < 4.78 is 69.2. The molecule has 0 saturated carbocycles. The van der Waals surface area contributed by atoms with Gasteiger partial charge in [-0.1, -0.05) is 12.1 Å². The lowest BCUT2D eigenvalue weighted by atomic mass is 10.1. The van der Waals surface area contributed by atoms with E-state index in [4.69, 9.17) is 4.74 Å². The Kier molecular flexibility index (Phi) is 5.94. The second-order valence-electron chi connectivity index (χ2n) is 5.64. The highest BCUT2D eigenvalue weighted by atomic mass is 32.2. The van der Waals surface area contributed by atoms with Crippen LogP contribution >= 0.6 is 0 Å². The van der Waals surface area contributed by atoms with Gasteiger partial charge in [0.1, 0.15) is 6.10 Å². The molecule has 1 amide bonds. The van der Waals surface area contributed by atoms with Gasteiger partial charge in [0.05, 0.1) is 24.1 Å². The summed E-state index contributed by atoms with van der Waals surface area (Å²) in [6.45, 7) is 0.0366. The highest BCUT2D eigenvalue weighted by Crippen LogP contribution is 2.37. The van der Waals surface area contributed by atoms with Crippen LogP contribution in [0.4, 0.5) is 18.9 Å². The van der Waals surface area contributed by atoms with Crippen LogP contribution in [-0.4, -0.2) is 46.4 Å². The molecular formula is C15H19F3N2O4S. The second kappa shape index (κ2) is 7.61. The van der Waals surface area contributed by atoms with E-state index in [1.807, 2.05) is 0 Å². The number of amides is 1. The third-order valence-corrected chi connectivity index (χ3v) is 4.89. The van der Waals surface area contributed by atoms with E-state index >= 15 is 0 Å². The first kappa shape index (κ1) is 19.5. The van der Waals surface area contributed by atoms with E-state index in [9.17, 15) is 26.4 Å². The van der Waals surface area contributed by atoms with Crippen molar-refractivity contribution in [2.24, 2.45) is 0 Å². The van der Waals surface area contributed by atoms with Gasteiger partial charge in [-0.3, -0.25) is 9.10 Å². The Labute approximate surface area is 144 Å². The molecule has 25 heavy (non-hydrogen) atoms. The van der Waals surface area contributed by atoms with E-state index < -0.39 is 39.5 Å². The minimum absolute atomic E-state index is 0.127. The third-order valence-electron chi connectivity index (χ3n) is 3.71. The van der Waals surface area contributed by atoms with Gasteiger partial charge in [-0.15, -0.1) is 0 Å². The van der Waals surface area contributed by atoms with Gasteiger partial charge in [0.2, 0.25) is 15.9 Å². The van der Waals surface area contributed by atoms with Crippen LogP contribution in [0.5, 0.6) is 0 Å². The summed E-state index contributed by atoms with van der Waals surface area (Å²) in [5.41, 5.74) is -1.52. The number of carbonyl (C=O) groups excluding carboxylic acids is 1. The molecule has 1 unspecified atom stereocenters. The largest absolute Gasteiger partial charge is 0.418 e. The van der Waals surface area contributed by atoms with Gasteiger partial charge in [0.15, 0.2) is 0 Å². The Balaban J connectivity index is 2.14. The Morgan fingerprint density at radius 1 is 1.36 bits per heavy atom. The van der Waals surface area contributed by atoms with E-state index in [2.05, 4.69) is 5.32 Å². The summed E-state index contributed by atoms with van der Waals surface area (Å²) in [6, 6.07) is 4.42. The minimum Gasteiger partial charge on any atom is -0.368 e. The van der Waals surface area contributed by atoms with Crippen LogP contribution < -0.4 is 9.62 Å². The van der Waals surface area contributed by atoms with E-state index in [1.54, 1.807) is 0 Å². The second-order valence-corrected chi connectivity index (χ2v) is 7.55.